The fourth-order valence-electron chi connectivity index (χ4n) is 3.48. The third kappa shape index (κ3) is 3.89. The lowest BCUT2D eigenvalue weighted by Gasteiger charge is -2.38. The lowest BCUT2D eigenvalue weighted by atomic mass is 9.76. The zero-order valence-corrected chi connectivity index (χ0v) is 14.9. The van der Waals surface area contributed by atoms with E-state index in [-0.39, 0.29) is 17.8 Å². The largest absolute Gasteiger partial charge is 0.497 e. The first kappa shape index (κ1) is 18.3. The van der Waals surface area contributed by atoms with Gasteiger partial charge in [0, 0.05) is 0 Å². The van der Waals surface area contributed by atoms with Crippen LogP contribution in [0.1, 0.15) is 51.0 Å². The minimum Gasteiger partial charge on any atom is -0.497 e. The summed E-state index contributed by atoms with van der Waals surface area (Å²) in [5.74, 6) is 0.284. The molecule has 2 rings (SSSR count). The molecular formula is C19H27NO4. The molecule has 0 bridgehead atoms. The molecule has 1 aromatic carbocycles. The zero-order chi connectivity index (χ0) is 17.7. The van der Waals surface area contributed by atoms with Crippen LogP contribution in [0.3, 0.4) is 0 Å². The van der Waals surface area contributed by atoms with Crippen molar-refractivity contribution < 1.29 is 19.1 Å². The van der Waals surface area contributed by atoms with Gasteiger partial charge in [-0.2, -0.15) is 0 Å². The molecule has 3 atom stereocenters. The molecule has 1 amide bonds. The van der Waals surface area contributed by atoms with Crippen molar-refractivity contribution in [2.45, 2.75) is 51.0 Å². The van der Waals surface area contributed by atoms with Crippen molar-refractivity contribution in [2.75, 3.05) is 14.2 Å². The van der Waals surface area contributed by atoms with Gasteiger partial charge in [0.2, 0.25) is 5.91 Å². The van der Waals surface area contributed by atoms with E-state index in [0.717, 1.165) is 24.2 Å². The third-order valence-corrected chi connectivity index (χ3v) is 4.95. The fourth-order valence-corrected chi connectivity index (χ4v) is 3.48. The number of ether oxygens (including phenoxy) is 2. The summed E-state index contributed by atoms with van der Waals surface area (Å²) in [5, 5.41) is 3.00. The summed E-state index contributed by atoms with van der Waals surface area (Å²) in [7, 11) is 2.98. The molecule has 0 aromatic heterocycles. The second-order valence-corrected chi connectivity index (χ2v) is 6.76. The van der Waals surface area contributed by atoms with Crippen LogP contribution in [0.25, 0.3) is 0 Å². The first-order chi connectivity index (χ1) is 11.4. The number of rotatable bonds is 5. The smallest absolute Gasteiger partial charge is 0.331 e. The first-order valence-electron chi connectivity index (χ1n) is 8.46. The number of esters is 1. The predicted molar refractivity (Wildman–Crippen MR) is 91.9 cm³/mol. The van der Waals surface area contributed by atoms with Crippen molar-refractivity contribution in [1.29, 1.82) is 0 Å². The molecule has 1 N–H and O–H groups in total. The number of hydrogen-bond donors (Lipinski definition) is 1. The molecule has 1 saturated carbocycles. The molecule has 5 heteroatoms. The third-order valence-electron chi connectivity index (χ3n) is 4.95. The van der Waals surface area contributed by atoms with Crippen molar-refractivity contribution in [3.63, 3.8) is 0 Å². The lowest BCUT2D eigenvalue weighted by Crippen LogP contribution is -2.58. The molecule has 1 aromatic rings. The highest BCUT2D eigenvalue weighted by Gasteiger charge is 2.44. The van der Waals surface area contributed by atoms with E-state index in [2.05, 4.69) is 12.2 Å². The van der Waals surface area contributed by atoms with Gasteiger partial charge in [0.05, 0.1) is 20.1 Å². The minimum atomic E-state index is -0.899. The SMILES string of the molecule is COC(=O)C1(NC(=O)C(C)c2ccc(OC)cc2)CCCC(C)C1. The molecule has 24 heavy (non-hydrogen) atoms. The Morgan fingerprint density at radius 2 is 1.92 bits per heavy atom. The molecule has 0 spiro atoms. The molecule has 5 nitrogen and oxygen atoms in total. The Morgan fingerprint density at radius 1 is 1.25 bits per heavy atom. The van der Waals surface area contributed by atoms with Crippen molar-refractivity contribution >= 4 is 11.9 Å². The topological polar surface area (TPSA) is 64.6 Å². The average molecular weight is 333 g/mol. The van der Waals surface area contributed by atoms with E-state index in [1.165, 1.54) is 7.11 Å². The second-order valence-electron chi connectivity index (χ2n) is 6.76. The van der Waals surface area contributed by atoms with Crippen LogP contribution in [0.5, 0.6) is 5.75 Å². The number of methoxy groups -OCH3 is 2. The summed E-state index contributed by atoms with van der Waals surface area (Å²) in [6.45, 7) is 3.95. The van der Waals surface area contributed by atoms with Crippen molar-refractivity contribution in [2.24, 2.45) is 5.92 Å². The quantitative estimate of drug-likeness (QED) is 0.841. The minimum absolute atomic E-state index is 0.153. The highest BCUT2D eigenvalue weighted by molar-refractivity contribution is 5.91. The summed E-state index contributed by atoms with van der Waals surface area (Å²) >= 11 is 0. The standard InChI is InChI=1S/C19H27NO4/c1-13-6-5-11-19(12-13,18(22)24-4)20-17(21)14(2)15-7-9-16(23-3)10-8-15/h7-10,13-14H,5-6,11-12H2,1-4H3,(H,20,21). The normalized spacial score (nSPS) is 24.8. The van der Waals surface area contributed by atoms with Crippen LogP contribution in [-0.2, 0) is 14.3 Å². The Hall–Kier alpha value is -2.04. The van der Waals surface area contributed by atoms with E-state index in [0.29, 0.717) is 18.8 Å². The van der Waals surface area contributed by atoms with Gasteiger partial charge in [-0.15, -0.1) is 0 Å². The van der Waals surface area contributed by atoms with Gasteiger partial charge in [-0.25, -0.2) is 4.79 Å². The van der Waals surface area contributed by atoms with Crippen LogP contribution in [0.15, 0.2) is 24.3 Å². The molecule has 0 radical (unpaired) electrons. The van der Waals surface area contributed by atoms with Gasteiger partial charge in [-0.05, 0) is 43.4 Å². The molecule has 0 heterocycles. The fraction of sp³-hybridized carbons (Fsp3) is 0.579. The number of hydrogen-bond acceptors (Lipinski definition) is 4. The van der Waals surface area contributed by atoms with Crippen molar-refractivity contribution in [1.82, 2.24) is 5.32 Å². The number of nitrogens with one attached hydrogen (secondary N) is 1. The maximum atomic E-state index is 12.7. The number of carbonyl (C=O) groups excluding carboxylic acids is 2. The van der Waals surface area contributed by atoms with Crippen LogP contribution in [-0.4, -0.2) is 31.6 Å². The van der Waals surface area contributed by atoms with E-state index >= 15 is 0 Å². The highest BCUT2D eigenvalue weighted by Crippen LogP contribution is 2.34. The van der Waals surface area contributed by atoms with Gasteiger partial charge in [0.15, 0.2) is 0 Å². The molecule has 0 aliphatic heterocycles. The zero-order valence-electron chi connectivity index (χ0n) is 14.9. The average Bonchev–Trinajstić information content (AvgIpc) is 2.60. The summed E-state index contributed by atoms with van der Waals surface area (Å²) in [5.41, 5.74) is -0.0123. The van der Waals surface area contributed by atoms with E-state index in [1.54, 1.807) is 7.11 Å². The Morgan fingerprint density at radius 3 is 2.46 bits per heavy atom. The molecule has 0 saturated heterocycles. The molecular weight excluding hydrogens is 306 g/mol. The summed E-state index contributed by atoms with van der Waals surface area (Å²) in [6.07, 6.45) is 3.24. The van der Waals surface area contributed by atoms with Gasteiger partial charge in [0.25, 0.3) is 0 Å². The van der Waals surface area contributed by atoms with Gasteiger partial charge < -0.3 is 14.8 Å². The number of benzene rings is 1. The maximum Gasteiger partial charge on any atom is 0.331 e. The van der Waals surface area contributed by atoms with Gasteiger partial charge in [-0.1, -0.05) is 31.9 Å². The molecule has 132 valence electrons. The van der Waals surface area contributed by atoms with E-state index in [1.807, 2.05) is 31.2 Å². The van der Waals surface area contributed by atoms with Crippen LogP contribution < -0.4 is 10.1 Å². The van der Waals surface area contributed by atoms with E-state index in [4.69, 9.17) is 9.47 Å². The molecule has 1 aliphatic rings. The molecule has 1 fully saturated rings. The van der Waals surface area contributed by atoms with E-state index in [9.17, 15) is 9.59 Å². The van der Waals surface area contributed by atoms with Crippen molar-refractivity contribution in [3.05, 3.63) is 29.8 Å². The van der Waals surface area contributed by atoms with Crippen LogP contribution in [0.4, 0.5) is 0 Å². The number of amides is 1. The van der Waals surface area contributed by atoms with Crippen molar-refractivity contribution in [3.8, 4) is 5.75 Å². The summed E-state index contributed by atoms with van der Waals surface area (Å²) < 4.78 is 10.1. The molecule has 1 aliphatic carbocycles. The predicted octanol–water partition coefficient (Wildman–Crippen LogP) is 3.04. The number of carbonyl (C=O) groups is 2. The van der Waals surface area contributed by atoms with Gasteiger partial charge in [-0.3, -0.25) is 4.79 Å². The van der Waals surface area contributed by atoms with Crippen LogP contribution in [0.2, 0.25) is 0 Å². The van der Waals surface area contributed by atoms with Crippen LogP contribution >= 0.6 is 0 Å². The highest BCUT2D eigenvalue weighted by atomic mass is 16.5. The Balaban J connectivity index is 2.15. The van der Waals surface area contributed by atoms with Crippen LogP contribution in [0, 0.1) is 5.92 Å². The van der Waals surface area contributed by atoms with E-state index < -0.39 is 5.54 Å². The first-order valence-corrected chi connectivity index (χ1v) is 8.46. The summed E-state index contributed by atoms with van der Waals surface area (Å²) in [6, 6.07) is 7.41. The van der Waals surface area contributed by atoms with Gasteiger partial charge in [0.1, 0.15) is 11.3 Å². The second kappa shape index (κ2) is 7.69. The van der Waals surface area contributed by atoms with Gasteiger partial charge >= 0.3 is 5.97 Å². The Kier molecular flexibility index (Phi) is 5.86. The lowest BCUT2D eigenvalue weighted by molar-refractivity contribution is -0.153. The summed E-state index contributed by atoms with van der Waals surface area (Å²) in [4.78, 5) is 25.1. The Labute approximate surface area is 143 Å². The maximum absolute atomic E-state index is 12.7. The monoisotopic (exact) mass is 333 g/mol. The Bertz CT molecular complexity index is 584. The molecule has 3 unspecified atom stereocenters.